The first-order valence-corrected chi connectivity index (χ1v) is 6.22. The predicted molar refractivity (Wildman–Crippen MR) is 74.8 cm³/mol. The minimum absolute atomic E-state index is 0.213. The van der Waals surface area contributed by atoms with E-state index in [2.05, 4.69) is 26.1 Å². The van der Waals surface area contributed by atoms with Gasteiger partial charge in [-0.1, -0.05) is 32.5 Å². The number of nitrogens with one attached hydrogen (secondary N) is 1. The van der Waals surface area contributed by atoms with Gasteiger partial charge < -0.3 is 11.1 Å². The van der Waals surface area contributed by atoms with E-state index in [0.717, 1.165) is 6.42 Å². The number of rotatable bonds is 5. The lowest BCUT2D eigenvalue weighted by molar-refractivity contribution is 0.491. The molecule has 17 heavy (non-hydrogen) atoms. The highest BCUT2D eigenvalue weighted by molar-refractivity contribution is 7.80. The largest absolute Gasteiger partial charge is 0.389 e. The van der Waals surface area contributed by atoms with E-state index in [-0.39, 0.29) is 16.8 Å². The van der Waals surface area contributed by atoms with Gasteiger partial charge in [-0.25, -0.2) is 4.39 Å². The molecule has 4 heteroatoms. The molecule has 0 saturated carbocycles. The molecule has 0 saturated heterocycles. The second-order valence-electron chi connectivity index (χ2n) is 4.38. The normalized spacial score (nSPS) is 14.1. The van der Waals surface area contributed by atoms with Crippen LogP contribution in [-0.2, 0) is 0 Å². The number of nitrogens with two attached hydrogens (primary N) is 1. The van der Waals surface area contributed by atoms with E-state index < -0.39 is 0 Å². The van der Waals surface area contributed by atoms with E-state index in [4.69, 9.17) is 18.0 Å². The van der Waals surface area contributed by atoms with Gasteiger partial charge in [0, 0.05) is 11.6 Å². The van der Waals surface area contributed by atoms with Crippen molar-refractivity contribution in [2.75, 3.05) is 5.32 Å². The second-order valence-corrected chi connectivity index (χ2v) is 4.82. The molecule has 0 aromatic heterocycles. The summed E-state index contributed by atoms with van der Waals surface area (Å²) >= 11 is 4.80. The van der Waals surface area contributed by atoms with Gasteiger partial charge in [0.1, 0.15) is 10.8 Å². The van der Waals surface area contributed by atoms with Crippen LogP contribution in [0, 0.1) is 11.7 Å². The quantitative estimate of drug-likeness (QED) is 0.792. The highest BCUT2D eigenvalue weighted by Gasteiger charge is 2.12. The van der Waals surface area contributed by atoms with Crippen molar-refractivity contribution in [3.8, 4) is 0 Å². The van der Waals surface area contributed by atoms with Crippen LogP contribution in [0.3, 0.4) is 0 Å². The summed E-state index contributed by atoms with van der Waals surface area (Å²) in [5.74, 6) is 0.176. The van der Waals surface area contributed by atoms with E-state index in [9.17, 15) is 4.39 Å². The number of hydrogen-bond acceptors (Lipinski definition) is 2. The molecule has 1 aromatic carbocycles. The van der Waals surface area contributed by atoms with Crippen LogP contribution in [0.15, 0.2) is 18.2 Å². The van der Waals surface area contributed by atoms with Crippen molar-refractivity contribution >= 4 is 22.9 Å². The average Bonchev–Trinajstić information content (AvgIpc) is 2.30. The maximum Gasteiger partial charge on any atom is 0.146 e. The van der Waals surface area contributed by atoms with Crippen LogP contribution in [0.25, 0.3) is 0 Å². The molecule has 0 aliphatic rings. The number of hydrogen-bond donors (Lipinski definition) is 2. The highest BCUT2D eigenvalue weighted by atomic mass is 32.1. The lowest BCUT2D eigenvalue weighted by Gasteiger charge is -2.21. The van der Waals surface area contributed by atoms with Crippen LogP contribution in [0.5, 0.6) is 0 Å². The fraction of sp³-hybridized carbons (Fsp3) is 0.462. The third-order valence-corrected chi connectivity index (χ3v) is 3.37. The summed E-state index contributed by atoms with van der Waals surface area (Å²) in [6.07, 6.45) is 1.06. The molecule has 0 radical (unpaired) electrons. The predicted octanol–water partition coefficient (Wildman–Crippen LogP) is 3.31. The van der Waals surface area contributed by atoms with Gasteiger partial charge in [0.05, 0.1) is 5.69 Å². The molecular formula is C13H19FN2S. The summed E-state index contributed by atoms with van der Waals surface area (Å²) in [6, 6.07) is 5.01. The fourth-order valence-corrected chi connectivity index (χ4v) is 1.65. The summed E-state index contributed by atoms with van der Waals surface area (Å²) in [6.45, 7) is 6.31. The first-order valence-electron chi connectivity index (χ1n) is 5.81. The first-order chi connectivity index (χ1) is 7.95. The Hall–Kier alpha value is -1.16. The minimum Gasteiger partial charge on any atom is -0.389 e. The van der Waals surface area contributed by atoms with Crippen LogP contribution in [0.1, 0.15) is 32.8 Å². The molecule has 2 unspecified atom stereocenters. The fourth-order valence-electron chi connectivity index (χ4n) is 1.53. The van der Waals surface area contributed by atoms with Crippen LogP contribution in [0.2, 0.25) is 0 Å². The summed E-state index contributed by atoms with van der Waals surface area (Å²) in [5, 5.41) is 3.17. The van der Waals surface area contributed by atoms with Crippen LogP contribution in [-0.4, -0.2) is 11.0 Å². The molecule has 0 aliphatic heterocycles. The topological polar surface area (TPSA) is 38.0 Å². The van der Waals surface area contributed by atoms with Crippen LogP contribution < -0.4 is 11.1 Å². The standard InChI is InChI=1S/C13H19FN2S/c1-4-8(2)9(3)16-12-6-5-10(13(15)17)7-11(12)14/h5-9,16H,4H2,1-3H3,(H2,15,17). The first kappa shape index (κ1) is 13.9. The molecule has 1 rings (SSSR count). The van der Waals surface area contributed by atoms with E-state index in [0.29, 0.717) is 17.2 Å². The molecule has 0 heterocycles. The average molecular weight is 254 g/mol. The van der Waals surface area contributed by atoms with E-state index >= 15 is 0 Å². The van der Waals surface area contributed by atoms with Gasteiger partial charge in [0.25, 0.3) is 0 Å². The number of thiocarbonyl (C=S) groups is 1. The van der Waals surface area contributed by atoms with Crippen molar-refractivity contribution in [3.63, 3.8) is 0 Å². The zero-order valence-electron chi connectivity index (χ0n) is 10.5. The molecule has 2 nitrogen and oxygen atoms in total. The molecular weight excluding hydrogens is 235 g/mol. The number of halogens is 1. The Morgan fingerprint density at radius 1 is 1.47 bits per heavy atom. The minimum atomic E-state index is -0.314. The third kappa shape index (κ3) is 3.66. The molecule has 0 fully saturated rings. The van der Waals surface area contributed by atoms with Gasteiger partial charge in [-0.05, 0) is 31.0 Å². The molecule has 0 aliphatic carbocycles. The Bertz CT molecular complexity index is 406. The van der Waals surface area contributed by atoms with Crippen molar-refractivity contribution in [2.45, 2.75) is 33.2 Å². The number of benzene rings is 1. The second kappa shape index (κ2) is 5.96. The molecule has 3 N–H and O–H groups in total. The van der Waals surface area contributed by atoms with Gasteiger partial charge in [-0.3, -0.25) is 0 Å². The summed E-state index contributed by atoms with van der Waals surface area (Å²) in [4.78, 5) is 0.213. The Morgan fingerprint density at radius 2 is 2.12 bits per heavy atom. The molecule has 94 valence electrons. The third-order valence-electron chi connectivity index (χ3n) is 3.13. The van der Waals surface area contributed by atoms with Gasteiger partial charge >= 0.3 is 0 Å². The van der Waals surface area contributed by atoms with Gasteiger partial charge in [-0.2, -0.15) is 0 Å². The monoisotopic (exact) mass is 254 g/mol. The van der Waals surface area contributed by atoms with Crippen molar-refractivity contribution in [1.82, 2.24) is 0 Å². The van der Waals surface area contributed by atoms with Crippen molar-refractivity contribution in [2.24, 2.45) is 11.7 Å². The zero-order chi connectivity index (χ0) is 13.0. The summed E-state index contributed by atoms with van der Waals surface area (Å²) in [5.41, 5.74) is 6.50. The van der Waals surface area contributed by atoms with Gasteiger partial charge in [0.2, 0.25) is 0 Å². The van der Waals surface area contributed by atoms with E-state index in [1.807, 2.05) is 0 Å². The van der Waals surface area contributed by atoms with Crippen molar-refractivity contribution in [1.29, 1.82) is 0 Å². The van der Waals surface area contributed by atoms with Gasteiger partial charge in [-0.15, -0.1) is 0 Å². The number of anilines is 1. The Balaban J connectivity index is 2.82. The van der Waals surface area contributed by atoms with Crippen molar-refractivity contribution < 1.29 is 4.39 Å². The van der Waals surface area contributed by atoms with Crippen LogP contribution >= 0.6 is 12.2 Å². The Labute approximate surface area is 107 Å². The maximum absolute atomic E-state index is 13.8. The molecule has 0 amide bonds. The Kier molecular flexibility index (Phi) is 4.87. The molecule has 0 bridgehead atoms. The SMILES string of the molecule is CCC(C)C(C)Nc1ccc(C(N)=S)cc1F. The van der Waals surface area contributed by atoms with Gasteiger partial charge in [0.15, 0.2) is 0 Å². The molecule has 0 spiro atoms. The highest BCUT2D eigenvalue weighted by Crippen LogP contribution is 2.19. The maximum atomic E-state index is 13.8. The van der Waals surface area contributed by atoms with Crippen LogP contribution in [0.4, 0.5) is 10.1 Å². The summed E-state index contributed by atoms with van der Waals surface area (Å²) < 4.78 is 13.8. The summed E-state index contributed by atoms with van der Waals surface area (Å²) in [7, 11) is 0. The lowest BCUT2D eigenvalue weighted by atomic mass is 10.0. The van der Waals surface area contributed by atoms with Crippen molar-refractivity contribution in [3.05, 3.63) is 29.6 Å². The van der Waals surface area contributed by atoms with E-state index in [1.165, 1.54) is 6.07 Å². The Morgan fingerprint density at radius 3 is 2.59 bits per heavy atom. The molecule has 1 aromatic rings. The molecule has 2 atom stereocenters. The zero-order valence-corrected chi connectivity index (χ0v) is 11.3. The smallest absolute Gasteiger partial charge is 0.146 e. The lowest BCUT2D eigenvalue weighted by Crippen LogP contribution is -2.24. The van der Waals surface area contributed by atoms with E-state index in [1.54, 1.807) is 12.1 Å².